The lowest BCUT2D eigenvalue weighted by Gasteiger charge is -2.42. The Bertz CT molecular complexity index is 1220. The van der Waals surface area contributed by atoms with Crippen LogP contribution < -0.4 is 19.7 Å². The van der Waals surface area contributed by atoms with Crippen LogP contribution in [0.1, 0.15) is 48.0 Å². The Morgan fingerprint density at radius 1 is 0.971 bits per heavy atom. The van der Waals surface area contributed by atoms with Crippen molar-refractivity contribution in [3.63, 3.8) is 0 Å². The Morgan fingerprint density at radius 2 is 1.69 bits per heavy atom. The monoisotopic (exact) mass is 470 g/mol. The van der Waals surface area contributed by atoms with Crippen LogP contribution in [0.2, 0.25) is 0 Å². The first-order valence-corrected chi connectivity index (χ1v) is 12.1. The van der Waals surface area contributed by atoms with Gasteiger partial charge in [-0.1, -0.05) is 54.1 Å². The van der Waals surface area contributed by atoms with Gasteiger partial charge in [-0.2, -0.15) is 0 Å². The maximum atomic E-state index is 13.9. The lowest BCUT2D eigenvalue weighted by atomic mass is 9.82. The molecule has 3 atom stereocenters. The maximum absolute atomic E-state index is 13.9. The number of para-hydroxylation sites is 2. The molecule has 3 aromatic rings. The number of amides is 2. The number of piperidine rings is 1. The number of aryl methyl sites for hydroxylation is 1. The fraction of sp³-hybridized carbons (Fsp3) is 0.310. The summed E-state index contributed by atoms with van der Waals surface area (Å²) in [4.78, 5) is 29.0. The van der Waals surface area contributed by atoms with Crippen molar-refractivity contribution in [2.24, 2.45) is 5.92 Å². The fourth-order valence-corrected chi connectivity index (χ4v) is 5.21. The van der Waals surface area contributed by atoms with Crippen LogP contribution in [-0.4, -0.2) is 25.5 Å². The average molecular weight is 471 g/mol. The molecule has 1 saturated heterocycles. The number of nitrogens with zero attached hydrogens (tertiary/aromatic N) is 1. The maximum Gasteiger partial charge on any atom is 0.227 e. The highest BCUT2D eigenvalue weighted by Crippen LogP contribution is 2.43. The lowest BCUT2D eigenvalue weighted by Crippen LogP contribution is -2.49. The van der Waals surface area contributed by atoms with E-state index in [1.165, 1.54) is 0 Å². The van der Waals surface area contributed by atoms with Gasteiger partial charge in [0.2, 0.25) is 11.8 Å². The highest BCUT2D eigenvalue weighted by molar-refractivity contribution is 5.97. The molecule has 180 valence electrons. The van der Waals surface area contributed by atoms with Crippen molar-refractivity contribution in [2.75, 3.05) is 18.6 Å². The molecule has 0 aromatic heterocycles. The number of methoxy groups -OCH3 is 1. The number of carbonyl (C=O) groups is 2. The number of fused-ring (bicyclic) bond motifs is 1. The average Bonchev–Trinajstić information content (AvgIpc) is 2.89. The van der Waals surface area contributed by atoms with Gasteiger partial charge in [0.15, 0.2) is 0 Å². The van der Waals surface area contributed by atoms with Crippen molar-refractivity contribution in [3.05, 3.63) is 89.5 Å². The zero-order valence-corrected chi connectivity index (χ0v) is 20.1. The van der Waals surface area contributed by atoms with Crippen LogP contribution >= 0.6 is 0 Å². The zero-order valence-electron chi connectivity index (χ0n) is 20.1. The van der Waals surface area contributed by atoms with Crippen molar-refractivity contribution in [1.29, 1.82) is 0 Å². The van der Waals surface area contributed by atoms with Gasteiger partial charge in [-0.3, -0.25) is 9.59 Å². The van der Waals surface area contributed by atoms with Gasteiger partial charge in [0.1, 0.15) is 11.5 Å². The van der Waals surface area contributed by atoms with Crippen molar-refractivity contribution >= 4 is 17.5 Å². The normalized spacial score (nSPS) is 21.6. The summed E-state index contributed by atoms with van der Waals surface area (Å²) in [5, 5.41) is 3.28. The quantitative estimate of drug-likeness (QED) is 0.562. The number of hydrogen-bond acceptors (Lipinski definition) is 4. The number of rotatable bonds is 5. The molecule has 2 amide bonds. The highest BCUT2D eigenvalue weighted by atomic mass is 16.5. The van der Waals surface area contributed by atoms with Gasteiger partial charge in [0.25, 0.3) is 0 Å². The topological polar surface area (TPSA) is 67.9 Å². The van der Waals surface area contributed by atoms with E-state index >= 15 is 0 Å². The van der Waals surface area contributed by atoms with E-state index in [9.17, 15) is 9.59 Å². The molecule has 3 unspecified atom stereocenters. The van der Waals surface area contributed by atoms with Crippen LogP contribution in [-0.2, 0) is 9.59 Å². The number of anilines is 1. The molecule has 5 rings (SSSR count). The Kier molecular flexibility index (Phi) is 6.45. The van der Waals surface area contributed by atoms with Crippen LogP contribution in [0.5, 0.6) is 11.5 Å². The zero-order chi connectivity index (χ0) is 24.4. The Labute approximate surface area is 205 Å². The first kappa shape index (κ1) is 23.0. The van der Waals surface area contributed by atoms with Gasteiger partial charge in [-0.25, -0.2) is 0 Å². The molecule has 1 fully saturated rings. The van der Waals surface area contributed by atoms with Gasteiger partial charge in [-0.05, 0) is 37.6 Å². The molecule has 0 spiro atoms. The molecule has 35 heavy (non-hydrogen) atoms. The summed E-state index contributed by atoms with van der Waals surface area (Å²) in [5.41, 5.74) is 3.71. The minimum absolute atomic E-state index is 0.00483. The minimum Gasteiger partial charge on any atom is -0.496 e. The fourth-order valence-electron chi connectivity index (χ4n) is 5.21. The van der Waals surface area contributed by atoms with E-state index in [1.807, 2.05) is 79.7 Å². The molecule has 0 radical (unpaired) electrons. The van der Waals surface area contributed by atoms with Crippen molar-refractivity contribution in [2.45, 2.75) is 38.3 Å². The second-order valence-corrected chi connectivity index (χ2v) is 9.17. The summed E-state index contributed by atoms with van der Waals surface area (Å²) in [6.07, 6.45) is 1.48. The third-order valence-corrected chi connectivity index (χ3v) is 6.98. The Hall–Kier alpha value is -3.80. The van der Waals surface area contributed by atoms with Crippen LogP contribution in [0.15, 0.2) is 72.8 Å². The number of nitrogens with one attached hydrogen (secondary N) is 1. The summed E-state index contributed by atoms with van der Waals surface area (Å²) >= 11 is 0. The molecule has 2 heterocycles. The molecule has 1 N–H and O–H groups in total. The number of benzene rings is 3. The van der Waals surface area contributed by atoms with Crippen molar-refractivity contribution in [3.8, 4) is 11.5 Å². The van der Waals surface area contributed by atoms with E-state index in [0.717, 1.165) is 28.1 Å². The van der Waals surface area contributed by atoms with E-state index in [0.29, 0.717) is 31.6 Å². The molecule has 3 aromatic carbocycles. The van der Waals surface area contributed by atoms with Gasteiger partial charge < -0.3 is 19.7 Å². The first-order chi connectivity index (χ1) is 17.1. The van der Waals surface area contributed by atoms with E-state index in [1.54, 1.807) is 12.0 Å². The van der Waals surface area contributed by atoms with Crippen LogP contribution in [0.4, 0.5) is 5.69 Å². The summed E-state index contributed by atoms with van der Waals surface area (Å²) in [5.74, 6) is 0.988. The summed E-state index contributed by atoms with van der Waals surface area (Å²) < 4.78 is 11.5. The predicted molar refractivity (Wildman–Crippen MR) is 135 cm³/mol. The summed E-state index contributed by atoms with van der Waals surface area (Å²) in [6, 6.07) is 22.8. The van der Waals surface area contributed by atoms with Gasteiger partial charge >= 0.3 is 0 Å². The largest absolute Gasteiger partial charge is 0.496 e. The van der Waals surface area contributed by atoms with Gasteiger partial charge in [0, 0.05) is 29.7 Å². The molecular weight excluding hydrogens is 440 g/mol. The highest BCUT2D eigenvalue weighted by Gasteiger charge is 2.43. The van der Waals surface area contributed by atoms with E-state index in [-0.39, 0.29) is 17.9 Å². The van der Waals surface area contributed by atoms with Crippen molar-refractivity contribution < 1.29 is 19.1 Å². The Balaban J connectivity index is 1.53. The third-order valence-electron chi connectivity index (χ3n) is 6.98. The second kappa shape index (κ2) is 9.82. The van der Waals surface area contributed by atoms with Gasteiger partial charge in [0.05, 0.1) is 31.7 Å². The van der Waals surface area contributed by atoms with E-state index in [4.69, 9.17) is 9.47 Å². The summed E-state index contributed by atoms with van der Waals surface area (Å²) in [6.45, 7) is 2.57. The Morgan fingerprint density at radius 3 is 2.46 bits per heavy atom. The smallest absolute Gasteiger partial charge is 0.227 e. The molecule has 0 bridgehead atoms. The summed E-state index contributed by atoms with van der Waals surface area (Å²) in [7, 11) is 1.62. The lowest BCUT2D eigenvalue weighted by molar-refractivity contribution is -0.130. The molecule has 2 aliphatic rings. The number of carbonyl (C=O) groups excluding carboxylic acids is 2. The van der Waals surface area contributed by atoms with Crippen molar-refractivity contribution in [1.82, 2.24) is 5.32 Å². The molecule has 6 heteroatoms. The molecule has 0 saturated carbocycles. The number of hydrogen-bond donors (Lipinski definition) is 1. The standard InChI is InChI=1S/C29H30N2O4/c1-19-11-13-20(14-12-19)31-27(32)16-15-23(28(31)22-8-4-5-9-25(22)34-2)29(33)30-24-17-18-35-26-10-6-3-7-21(24)26/h3-14,23-24,28H,15-18H2,1-2H3,(H,30,33). The third kappa shape index (κ3) is 4.48. The SMILES string of the molecule is COc1ccccc1C1C(C(=O)NC2CCOc3ccccc32)CCC(=O)N1c1ccc(C)cc1. The van der Waals surface area contributed by atoms with Crippen LogP contribution in [0, 0.1) is 12.8 Å². The van der Waals surface area contributed by atoms with Crippen LogP contribution in [0.3, 0.4) is 0 Å². The van der Waals surface area contributed by atoms with Gasteiger partial charge in [-0.15, -0.1) is 0 Å². The van der Waals surface area contributed by atoms with E-state index in [2.05, 4.69) is 5.32 Å². The first-order valence-electron chi connectivity index (χ1n) is 12.1. The second-order valence-electron chi connectivity index (χ2n) is 9.17. The molecule has 6 nitrogen and oxygen atoms in total. The molecule has 2 aliphatic heterocycles. The molecule has 0 aliphatic carbocycles. The number of ether oxygens (including phenoxy) is 2. The molecular formula is C29H30N2O4. The minimum atomic E-state index is -0.481. The van der Waals surface area contributed by atoms with E-state index < -0.39 is 12.0 Å². The van der Waals surface area contributed by atoms with Crippen LogP contribution in [0.25, 0.3) is 0 Å². The predicted octanol–water partition coefficient (Wildman–Crippen LogP) is 5.13.